The molecule has 1 atom stereocenters. The molecule has 0 aromatic heterocycles. The maximum Gasteiger partial charge on any atom is 0.0334 e. The molecule has 0 heterocycles. The Bertz CT molecular complexity index is 388. The zero-order chi connectivity index (χ0) is 13.0. The highest BCUT2D eigenvalue weighted by Crippen LogP contribution is 2.37. The minimum atomic E-state index is 0.488. The molecule has 1 saturated carbocycles. The molecular formula is C15H21Br2N. The number of hydrogen-bond donors (Lipinski definition) is 1. The van der Waals surface area contributed by atoms with Crippen LogP contribution in [0.1, 0.15) is 50.6 Å². The van der Waals surface area contributed by atoms with E-state index in [1.807, 2.05) is 0 Å². The molecular weight excluding hydrogens is 354 g/mol. The predicted molar refractivity (Wildman–Crippen MR) is 84.8 cm³/mol. The number of benzene rings is 1. The summed E-state index contributed by atoms with van der Waals surface area (Å²) in [7, 11) is 0. The quantitative estimate of drug-likeness (QED) is 0.698. The summed E-state index contributed by atoms with van der Waals surface area (Å²) in [5.41, 5.74) is 1.39. The molecule has 2 rings (SSSR count). The largest absolute Gasteiger partial charge is 0.310 e. The fraction of sp³-hybridized carbons (Fsp3) is 0.600. The summed E-state index contributed by atoms with van der Waals surface area (Å²) >= 11 is 7.27. The average molecular weight is 375 g/mol. The smallest absolute Gasteiger partial charge is 0.0334 e. The van der Waals surface area contributed by atoms with Crippen molar-refractivity contribution in [1.29, 1.82) is 0 Å². The number of hydrogen-bond acceptors (Lipinski definition) is 1. The molecule has 3 heteroatoms. The predicted octanol–water partition coefficient (Wildman–Crippen LogP) is 5.44. The van der Waals surface area contributed by atoms with E-state index in [2.05, 4.69) is 62.3 Å². The first-order valence-electron chi connectivity index (χ1n) is 6.89. The van der Waals surface area contributed by atoms with Gasteiger partial charge in [-0.1, -0.05) is 58.0 Å². The molecule has 1 aliphatic rings. The van der Waals surface area contributed by atoms with E-state index in [0.717, 1.165) is 16.9 Å². The van der Waals surface area contributed by atoms with Crippen molar-refractivity contribution in [1.82, 2.24) is 5.32 Å². The third kappa shape index (κ3) is 3.82. The van der Waals surface area contributed by atoms with Crippen LogP contribution in [0.2, 0.25) is 0 Å². The maximum atomic E-state index is 3.70. The second-order valence-corrected chi connectivity index (χ2v) is 6.98. The fourth-order valence-corrected chi connectivity index (χ4v) is 3.38. The van der Waals surface area contributed by atoms with Gasteiger partial charge in [0.2, 0.25) is 0 Å². The molecule has 1 fully saturated rings. The van der Waals surface area contributed by atoms with Crippen molar-refractivity contribution in [3.05, 3.63) is 32.7 Å². The van der Waals surface area contributed by atoms with Crippen LogP contribution in [0.15, 0.2) is 27.1 Å². The highest BCUT2D eigenvalue weighted by molar-refractivity contribution is 9.11. The summed E-state index contributed by atoms with van der Waals surface area (Å²) in [6.45, 7) is 3.32. The van der Waals surface area contributed by atoms with E-state index < -0.39 is 0 Å². The monoisotopic (exact) mass is 373 g/mol. The molecule has 0 bridgehead atoms. The van der Waals surface area contributed by atoms with Crippen LogP contribution in [-0.4, -0.2) is 6.54 Å². The van der Waals surface area contributed by atoms with Gasteiger partial charge >= 0.3 is 0 Å². The molecule has 0 spiro atoms. The van der Waals surface area contributed by atoms with E-state index in [-0.39, 0.29) is 0 Å². The lowest BCUT2D eigenvalue weighted by atomic mass is 9.79. The summed E-state index contributed by atoms with van der Waals surface area (Å²) in [5, 5.41) is 3.70. The summed E-state index contributed by atoms with van der Waals surface area (Å²) in [4.78, 5) is 0. The van der Waals surface area contributed by atoms with Crippen LogP contribution in [-0.2, 0) is 0 Å². The van der Waals surface area contributed by atoms with Crippen LogP contribution in [0.5, 0.6) is 0 Å². The molecule has 1 nitrogen and oxygen atoms in total. The summed E-state index contributed by atoms with van der Waals surface area (Å²) < 4.78 is 2.39. The van der Waals surface area contributed by atoms with Crippen molar-refractivity contribution >= 4 is 31.9 Å². The Labute approximate surface area is 127 Å². The van der Waals surface area contributed by atoms with Crippen LogP contribution < -0.4 is 5.32 Å². The lowest BCUT2D eigenvalue weighted by molar-refractivity contribution is 0.261. The molecule has 0 amide bonds. The number of nitrogens with one attached hydrogen (secondary N) is 1. The zero-order valence-electron chi connectivity index (χ0n) is 10.9. The van der Waals surface area contributed by atoms with Crippen LogP contribution in [0.25, 0.3) is 0 Å². The minimum Gasteiger partial charge on any atom is -0.310 e. The Kier molecular flexibility index (Phi) is 5.71. The van der Waals surface area contributed by atoms with Gasteiger partial charge in [0.25, 0.3) is 0 Å². The zero-order valence-corrected chi connectivity index (χ0v) is 14.1. The highest BCUT2D eigenvalue weighted by Gasteiger charge is 2.23. The third-order valence-corrected chi connectivity index (χ3v) is 4.98. The maximum absolute atomic E-state index is 3.70. The van der Waals surface area contributed by atoms with Gasteiger partial charge in [0.15, 0.2) is 0 Å². The van der Waals surface area contributed by atoms with Crippen molar-refractivity contribution in [3.8, 4) is 0 Å². The first-order valence-corrected chi connectivity index (χ1v) is 8.47. The van der Waals surface area contributed by atoms with Crippen molar-refractivity contribution in [3.63, 3.8) is 0 Å². The highest BCUT2D eigenvalue weighted by atomic mass is 79.9. The van der Waals surface area contributed by atoms with Gasteiger partial charge < -0.3 is 5.32 Å². The molecule has 18 heavy (non-hydrogen) atoms. The first-order chi connectivity index (χ1) is 8.70. The Morgan fingerprint density at radius 2 is 2.11 bits per heavy atom. The van der Waals surface area contributed by atoms with Crippen molar-refractivity contribution in [2.24, 2.45) is 5.92 Å². The lowest BCUT2D eigenvalue weighted by Gasteiger charge is -2.31. The molecule has 1 aromatic carbocycles. The summed E-state index contributed by atoms with van der Waals surface area (Å²) in [5.74, 6) is 0.922. The van der Waals surface area contributed by atoms with Gasteiger partial charge in [0.1, 0.15) is 0 Å². The van der Waals surface area contributed by atoms with Gasteiger partial charge in [0, 0.05) is 15.0 Å². The van der Waals surface area contributed by atoms with Crippen LogP contribution in [0.3, 0.4) is 0 Å². The van der Waals surface area contributed by atoms with Crippen LogP contribution in [0, 0.1) is 5.92 Å². The lowest BCUT2D eigenvalue weighted by Crippen LogP contribution is -2.27. The van der Waals surface area contributed by atoms with Crippen molar-refractivity contribution in [2.75, 3.05) is 6.54 Å². The van der Waals surface area contributed by atoms with Gasteiger partial charge in [-0.25, -0.2) is 0 Å². The van der Waals surface area contributed by atoms with E-state index in [1.165, 1.54) is 42.1 Å². The first kappa shape index (κ1) is 14.5. The number of halogens is 2. The number of rotatable bonds is 6. The summed E-state index contributed by atoms with van der Waals surface area (Å²) in [6, 6.07) is 6.96. The molecule has 0 aliphatic heterocycles. The Morgan fingerprint density at radius 3 is 2.72 bits per heavy atom. The normalized spacial score (nSPS) is 17.5. The van der Waals surface area contributed by atoms with E-state index >= 15 is 0 Å². The fourth-order valence-electron chi connectivity index (χ4n) is 2.48. The Hall–Kier alpha value is 0.140. The molecule has 0 saturated heterocycles. The minimum absolute atomic E-state index is 0.488. The Morgan fingerprint density at radius 1 is 1.33 bits per heavy atom. The van der Waals surface area contributed by atoms with E-state index in [1.54, 1.807) is 0 Å². The molecule has 100 valence electrons. The van der Waals surface area contributed by atoms with Gasteiger partial charge in [-0.2, -0.15) is 0 Å². The van der Waals surface area contributed by atoms with Crippen molar-refractivity contribution in [2.45, 2.75) is 45.1 Å². The topological polar surface area (TPSA) is 12.0 Å². The van der Waals surface area contributed by atoms with Crippen molar-refractivity contribution < 1.29 is 0 Å². The van der Waals surface area contributed by atoms with Gasteiger partial charge in [0.05, 0.1) is 0 Å². The summed E-state index contributed by atoms with van der Waals surface area (Å²) in [6.07, 6.45) is 6.71. The molecule has 1 unspecified atom stereocenters. The van der Waals surface area contributed by atoms with Gasteiger partial charge in [-0.15, -0.1) is 0 Å². The molecule has 0 radical (unpaired) electrons. The van der Waals surface area contributed by atoms with Gasteiger partial charge in [-0.3, -0.25) is 0 Å². The van der Waals surface area contributed by atoms with E-state index in [9.17, 15) is 0 Å². The third-order valence-electron chi connectivity index (χ3n) is 3.77. The standard InChI is InChI=1S/C15H21Br2N/c1-2-8-18-15(9-11-4-3-5-11)13-10-12(16)6-7-14(13)17/h6-7,10-11,15,18H,2-5,8-9H2,1H3. The van der Waals surface area contributed by atoms with Crippen LogP contribution >= 0.6 is 31.9 Å². The SMILES string of the molecule is CCCNC(CC1CCC1)c1cc(Br)ccc1Br. The second-order valence-electron chi connectivity index (χ2n) is 5.21. The van der Waals surface area contributed by atoms with E-state index in [4.69, 9.17) is 0 Å². The molecule has 1 aliphatic carbocycles. The van der Waals surface area contributed by atoms with E-state index in [0.29, 0.717) is 6.04 Å². The molecule has 1 N–H and O–H groups in total. The Balaban J connectivity index is 2.11. The second kappa shape index (κ2) is 7.06. The average Bonchev–Trinajstić information content (AvgIpc) is 2.31. The molecule has 1 aromatic rings. The van der Waals surface area contributed by atoms with Crippen LogP contribution in [0.4, 0.5) is 0 Å². The van der Waals surface area contributed by atoms with Gasteiger partial charge in [-0.05, 0) is 49.1 Å².